The average molecular weight is 698 g/mol. The van der Waals surface area contributed by atoms with Crippen LogP contribution >= 0.6 is 0 Å². The van der Waals surface area contributed by atoms with Crippen LogP contribution in [0.15, 0.2) is 48.5 Å². The molecule has 0 bridgehead atoms. The molecule has 0 radical (unpaired) electrons. The lowest BCUT2D eigenvalue weighted by Crippen LogP contribution is -2.47. The van der Waals surface area contributed by atoms with Crippen molar-refractivity contribution in [2.75, 3.05) is 39.5 Å². The van der Waals surface area contributed by atoms with Gasteiger partial charge in [-0.05, 0) is 64.8 Å². The van der Waals surface area contributed by atoms with Gasteiger partial charge in [-0.15, -0.1) is 0 Å². The highest BCUT2D eigenvalue weighted by atomic mass is 16.6. The van der Waals surface area contributed by atoms with Crippen LogP contribution in [0.5, 0.6) is 0 Å². The van der Waals surface area contributed by atoms with Gasteiger partial charge in [0.25, 0.3) is 12.2 Å². The number of hydrogen-bond donors (Lipinski definition) is 0. The second kappa shape index (κ2) is 18.8. The van der Waals surface area contributed by atoms with Crippen LogP contribution in [0.3, 0.4) is 0 Å². The molecule has 3 atom stereocenters. The van der Waals surface area contributed by atoms with E-state index >= 15 is 0 Å². The van der Waals surface area contributed by atoms with Crippen molar-refractivity contribution >= 4 is 47.5 Å². The van der Waals surface area contributed by atoms with Crippen LogP contribution in [-0.2, 0) is 42.8 Å². The van der Waals surface area contributed by atoms with Crippen molar-refractivity contribution in [3.63, 3.8) is 0 Å². The van der Waals surface area contributed by atoms with E-state index in [1.165, 1.54) is 62.4 Å². The van der Waals surface area contributed by atoms with Gasteiger partial charge in [0.05, 0.1) is 43.5 Å². The summed E-state index contributed by atoms with van der Waals surface area (Å²) in [6.07, 6.45) is -4.58. The van der Waals surface area contributed by atoms with Crippen LogP contribution in [-0.4, -0.2) is 104 Å². The number of Topliss-reactive ketones (excluding diaryl/α,β-unsaturated/α-hetero) is 2. The van der Waals surface area contributed by atoms with E-state index < -0.39 is 65.6 Å². The van der Waals surface area contributed by atoms with E-state index in [4.69, 9.17) is 28.4 Å². The topological polar surface area (TPSA) is 195 Å². The predicted molar refractivity (Wildman–Crippen MR) is 171 cm³/mol. The fraction of sp³-hybridized carbons (Fsp3) is 0.429. The highest BCUT2D eigenvalue weighted by molar-refractivity contribution is 6.13. The van der Waals surface area contributed by atoms with Gasteiger partial charge in [-0.3, -0.25) is 14.4 Å². The molecule has 0 aliphatic carbocycles. The number of likely N-dealkylation sites (tertiary alicyclic amines) is 1. The summed E-state index contributed by atoms with van der Waals surface area (Å²) in [5, 5.41) is 0. The Morgan fingerprint density at radius 3 is 1.42 bits per heavy atom. The maximum atomic E-state index is 13.3. The summed E-state index contributed by atoms with van der Waals surface area (Å²) in [4.78, 5) is 104. The maximum absolute atomic E-state index is 13.3. The van der Waals surface area contributed by atoms with Crippen molar-refractivity contribution in [3.05, 3.63) is 70.8 Å². The molecule has 1 amide bonds. The van der Waals surface area contributed by atoms with E-state index in [0.717, 1.165) is 4.90 Å². The van der Waals surface area contributed by atoms with Gasteiger partial charge in [-0.1, -0.05) is 24.3 Å². The number of ether oxygens (including phenoxy) is 6. The number of rotatable bonds is 15. The number of amides is 1. The summed E-state index contributed by atoms with van der Waals surface area (Å²) in [7, 11) is 0. The van der Waals surface area contributed by atoms with Crippen molar-refractivity contribution in [2.45, 2.75) is 52.7 Å². The molecule has 2 aromatic rings. The first-order chi connectivity index (χ1) is 23.9. The monoisotopic (exact) mass is 697 g/mol. The van der Waals surface area contributed by atoms with Gasteiger partial charge < -0.3 is 33.3 Å². The first-order valence-electron chi connectivity index (χ1n) is 16.1. The fourth-order valence-corrected chi connectivity index (χ4v) is 4.85. The minimum Gasteiger partial charge on any atom is -0.463 e. The Balaban J connectivity index is 1.73. The molecule has 0 N–H and O–H groups in total. The molecule has 1 heterocycles. The van der Waals surface area contributed by atoms with Crippen LogP contribution in [0.4, 0.5) is 4.79 Å². The van der Waals surface area contributed by atoms with E-state index in [-0.39, 0.29) is 74.6 Å². The number of carbonyl (C=O) groups excluding carboxylic acids is 8. The Bertz CT molecular complexity index is 1450. The SMILES string of the molecule is CCOC(=O)c1ccc(C(=O)C(OC(=O)C2CCCN(C(=O)OC(C(=O)OCC)C(=O)c3ccc(C(=O)OCC)cc3)C2)C(=O)OCC)cc1. The van der Waals surface area contributed by atoms with Crippen molar-refractivity contribution in [3.8, 4) is 0 Å². The molecule has 15 heteroatoms. The van der Waals surface area contributed by atoms with Gasteiger partial charge >= 0.3 is 35.9 Å². The molecule has 3 rings (SSSR count). The standard InChI is InChI=1S/C35H39NO14/c1-5-45-30(39)23-15-11-21(12-16-23)26(37)28(33(42)47-7-3)49-32(41)25-10-9-19-36(20-25)35(44)50-29(34(43)48-8-4)27(38)22-13-17-24(18-14-22)31(40)46-6-2/h11-18,25,28-29H,5-10,19-20H2,1-4H3. The highest BCUT2D eigenvalue weighted by Crippen LogP contribution is 2.22. The number of ketones is 2. The lowest BCUT2D eigenvalue weighted by atomic mass is 9.98. The van der Waals surface area contributed by atoms with Crippen molar-refractivity contribution in [1.29, 1.82) is 0 Å². The number of hydrogen-bond acceptors (Lipinski definition) is 14. The van der Waals surface area contributed by atoms with Crippen molar-refractivity contribution in [1.82, 2.24) is 4.90 Å². The zero-order valence-corrected chi connectivity index (χ0v) is 28.2. The molecule has 0 spiro atoms. The summed E-state index contributed by atoms with van der Waals surface area (Å²) in [6.45, 7) is 6.16. The number of esters is 5. The molecule has 3 unspecified atom stereocenters. The summed E-state index contributed by atoms with van der Waals surface area (Å²) in [6, 6.07) is 10.4. The Morgan fingerprint density at radius 2 is 1.00 bits per heavy atom. The molecular formula is C35H39NO14. The molecule has 1 saturated heterocycles. The van der Waals surface area contributed by atoms with E-state index in [1.807, 2.05) is 0 Å². The molecule has 1 fully saturated rings. The highest BCUT2D eigenvalue weighted by Gasteiger charge is 2.39. The molecule has 15 nitrogen and oxygen atoms in total. The van der Waals surface area contributed by atoms with Gasteiger partial charge in [0.1, 0.15) is 0 Å². The second-order valence-corrected chi connectivity index (χ2v) is 10.7. The van der Waals surface area contributed by atoms with Crippen molar-refractivity contribution < 1.29 is 66.8 Å². The van der Waals surface area contributed by atoms with Gasteiger partial charge in [0.2, 0.25) is 11.6 Å². The largest absolute Gasteiger partial charge is 0.463 e. The predicted octanol–water partition coefficient (Wildman–Crippen LogP) is 3.36. The molecule has 2 aromatic carbocycles. The van der Waals surface area contributed by atoms with Gasteiger partial charge in [0, 0.05) is 24.2 Å². The summed E-state index contributed by atoms with van der Waals surface area (Å²) in [5.41, 5.74) is 0.247. The number of benzene rings is 2. The van der Waals surface area contributed by atoms with E-state index in [9.17, 15) is 38.4 Å². The van der Waals surface area contributed by atoms with Crippen LogP contribution in [0.2, 0.25) is 0 Å². The third kappa shape index (κ3) is 10.2. The lowest BCUT2D eigenvalue weighted by Gasteiger charge is -2.32. The summed E-state index contributed by atoms with van der Waals surface area (Å²) in [5.74, 6) is -7.26. The fourth-order valence-electron chi connectivity index (χ4n) is 4.85. The van der Waals surface area contributed by atoms with Crippen LogP contribution in [0, 0.1) is 5.92 Å². The quantitative estimate of drug-likeness (QED) is 0.114. The van der Waals surface area contributed by atoms with E-state index in [2.05, 4.69) is 0 Å². The van der Waals surface area contributed by atoms with Gasteiger partial charge in [-0.2, -0.15) is 0 Å². The minimum atomic E-state index is -2.00. The Kier molecular flexibility index (Phi) is 14.6. The molecule has 50 heavy (non-hydrogen) atoms. The van der Waals surface area contributed by atoms with E-state index in [0.29, 0.717) is 0 Å². The second-order valence-electron chi connectivity index (χ2n) is 10.7. The van der Waals surface area contributed by atoms with Crippen LogP contribution < -0.4 is 0 Å². The summed E-state index contributed by atoms with van der Waals surface area (Å²) >= 11 is 0. The minimum absolute atomic E-state index is 0.0389. The lowest BCUT2D eigenvalue weighted by molar-refractivity contribution is -0.167. The smallest absolute Gasteiger partial charge is 0.411 e. The van der Waals surface area contributed by atoms with E-state index in [1.54, 1.807) is 13.8 Å². The molecule has 0 aromatic heterocycles. The van der Waals surface area contributed by atoms with Gasteiger partial charge in [-0.25, -0.2) is 24.0 Å². The zero-order valence-electron chi connectivity index (χ0n) is 28.2. The van der Waals surface area contributed by atoms with Crippen LogP contribution in [0.1, 0.15) is 82.0 Å². The molecule has 268 valence electrons. The van der Waals surface area contributed by atoms with Crippen LogP contribution in [0.25, 0.3) is 0 Å². The average Bonchev–Trinajstić information content (AvgIpc) is 3.12. The molecule has 0 saturated carbocycles. The van der Waals surface area contributed by atoms with Crippen molar-refractivity contribution in [2.24, 2.45) is 5.92 Å². The first kappa shape index (κ1) is 38.8. The third-order valence-electron chi connectivity index (χ3n) is 7.30. The first-order valence-corrected chi connectivity index (χ1v) is 16.1. The Hall–Kier alpha value is -5.60. The maximum Gasteiger partial charge on any atom is 0.411 e. The number of nitrogens with zero attached hydrogens (tertiary/aromatic N) is 1. The molecule has 1 aliphatic rings. The third-order valence-corrected chi connectivity index (χ3v) is 7.30. The molecule has 1 aliphatic heterocycles. The number of carbonyl (C=O) groups is 8. The zero-order chi connectivity index (χ0) is 36.8. The number of piperidine rings is 1. The van der Waals surface area contributed by atoms with Gasteiger partial charge in [0.15, 0.2) is 0 Å². The Labute approximate surface area is 288 Å². The molecular weight excluding hydrogens is 658 g/mol. The Morgan fingerprint density at radius 1 is 0.600 bits per heavy atom. The normalized spacial score (nSPS) is 15.0. The summed E-state index contributed by atoms with van der Waals surface area (Å²) < 4.78 is 30.5.